The summed E-state index contributed by atoms with van der Waals surface area (Å²) in [6, 6.07) is 0. The monoisotopic (exact) mass is 285 g/mol. The second-order valence-electron chi connectivity index (χ2n) is 3.69. The summed E-state index contributed by atoms with van der Waals surface area (Å²) in [5.41, 5.74) is 1.64. The highest BCUT2D eigenvalue weighted by Crippen LogP contribution is 2.11. The molecule has 1 aliphatic rings. The highest BCUT2D eigenvalue weighted by atomic mass is 35.5. The number of nitrogens with one attached hydrogen (secondary N) is 1. The number of hydrogen-bond donors (Lipinski definition) is 1. The minimum absolute atomic E-state index is 0. The van der Waals surface area contributed by atoms with Crippen molar-refractivity contribution in [1.82, 2.24) is 9.13 Å². The molecular formula is C11H13Cl2N5. The number of rotatable bonds is 1. The first-order valence-electron chi connectivity index (χ1n) is 5.02. The molecule has 7 heteroatoms. The lowest BCUT2D eigenvalue weighted by Crippen LogP contribution is -2.21. The van der Waals surface area contributed by atoms with Gasteiger partial charge in [0.15, 0.2) is 0 Å². The summed E-state index contributed by atoms with van der Waals surface area (Å²) < 4.78 is 3.71. The summed E-state index contributed by atoms with van der Waals surface area (Å²) in [5, 5.41) is 16.0. The van der Waals surface area contributed by atoms with Gasteiger partial charge in [0.1, 0.15) is 5.71 Å². The zero-order valence-corrected chi connectivity index (χ0v) is 11.5. The van der Waals surface area contributed by atoms with E-state index in [9.17, 15) is 0 Å². The molecule has 0 atom stereocenters. The normalized spacial score (nSPS) is 16.5. The molecule has 1 aromatic heterocycles. The van der Waals surface area contributed by atoms with Crippen LogP contribution in [0.5, 0.6) is 0 Å². The largest absolute Gasteiger partial charge is 0.319 e. The number of hydrogen-bond acceptors (Lipinski definition) is 3. The lowest BCUT2D eigenvalue weighted by atomic mass is 10.1. The molecule has 96 valence electrons. The van der Waals surface area contributed by atoms with E-state index in [2.05, 4.69) is 10.2 Å². The standard InChI is InChI=1S/C11H12ClN5.ClH/c1-16-5-6-17(2)11(16)15-14-10-4-3-8(13)7-9(10)12;/h3-7,13H,1-2H3;1H. The summed E-state index contributed by atoms with van der Waals surface area (Å²) in [6.07, 6.45) is 8.63. The van der Waals surface area contributed by atoms with Gasteiger partial charge in [0.25, 0.3) is 0 Å². The van der Waals surface area contributed by atoms with E-state index >= 15 is 0 Å². The molecule has 1 aliphatic carbocycles. The number of aromatic nitrogens is 2. The second kappa shape index (κ2) is 5.84. The Balaban J connectivity index is 0.00000162. The Morgan fingerprint density at radius 2 is 1.72 bits per heavy atom. The Morgan fingerprint density at radius 1 is 1.11 bits per heavy atom. The van der Waals surface area contributed by atoms with Crippen LogP contribution in [0.1, 0.15) is 0 Å². The molecule has 0 saturated heterocycles. The topological polar surface area (TPSA) is 58.4 Å². The van der Waals surface area contributed by atoms with Gasteiger partial charge in [0.2, 0.25) is 5.62 Å². The van der Waals surface area contributed by atoms with Gasteiger partial charge in [-0.2, -0.15) is 0 Å². The first-order valence-corrected chi connectivity index (χ1v) is 5.39. The van der Waals surface area contributed by atoms with E-state index in [1.54, 1.807) is 18.2 Å². The summed E-state index contributed by atoms with van der Waals surface area (Å²) in [6.45, 7) is 0. The van der Waals surface area contributed by atoms with Crippen LogP contribution >= 0.6 is 24.0 Å². The van der Waals surface area contributed by atoms with Crippen molar-refractivity contribution in [2.24, 2.45) is 24.3 Å². The SMILES string of the molecule is Cl.Cn1ccn(C)c1=NN=C1C=CC(=N)C=C1Cl. The van der Waals surface area contributed by atoms with Crippen LogP contribution in [-0.2, 0) is 14.1 Å². The smallest absolute Gasteiger partial charge is 0.229 e. The van der Waals surface area contributed by atoms with Crippen LogP contribution in [0.2, 0.25) is 0 Å². The van der Waals surface area contributed by atoms with Gasteiger partial charge in [-0.3, -0.25) is 0 Å². The Labute approximate surface area is 116 Å². The predicted molar refractivity (Wildman–Crippen MR) is 75.4 cm³/mol. The summed E-state index contributed by atoms with van der Waals surface area (Å²) in [4.78, 5) is 0. The molecule has 1 N–H and O–H groups in total. The molecule has 2 rings (SSSR count). The fourth-order valence-electron chi connectivity index (χ4n) is 1.41. The molecule has 0 radical (unpaired) electrons. The van der Waals surface area contributed by atoms with Crippen molar-refractivity contribution in [1.29, 1.82) is 5.41 Å². The quantitative estimate of drug-likeness (QED) is 0.604. The maximum atomic E-state index is 7.41. The first kappa shape index (κ1) is 14.5. The maximum Gasteiger partial charge on any atom is 0.229 e. The molecule has 0 saturated carbocycles. The van der Waals surface area contributed by atoms with E-state index in [4.69, 9.17) is 17.0 Å². The van der Waals surface area contributed by atoms with Crippen LogP contribution < -0.4 is 5.62 Å². The van der Waals surface area contributed by atoms with Gasteiger partial charge in [-0.05, 0) is 18.2 Å². The van der Waals surface area contributed by atoms with Crippen molar-refractivity contribution >= 4 is 35.4 Å². The van der Waals surface area contributed by atoms with Gasteiger partial charge < -0.3 is 14.5 Å². The Hall–Kier alpha value is -1.59. The van der Waals surface area contributed by atoms with E-state index in [0.29, 0.717) is 16.5 Å². The fraction of sp³-hybridized carbons (Fsp3) is 0.182. The molecule has 0 unspecified atom stereocenters. The third kappa shape index (κ3) is 3.00. The Bertz CT molecular complexity index is 593. The zero-order chi connectivity index (χ0) is 12.4. The molecular weight excluding hydrogens is 273 g/mol. The molecule has 0 bridgehead atoms. The minimum atomic E-state index is 0. The Kier molecular flexibility index (Phi) is 4.69. The minimum Gasteiger partial charge on any atom is -0.319 e. The van der Waals surface area contributed by atoms with Crippen LogP contribution in [0, 0.1) is 5.41 Å². The van der Waals surface area contributed by atoms with Gasteiger partial charge >= 0.3 is 0 Å². The number of halogens is 2. The number of imidazole rings is 1. The van der Waals surface area contributed by atoms with E-state index < -0.39 is 0 Å². The number of aryl methyl sites for hydroxylation is 2. The highest BCUT2D eigenvalue weighted by Gasteiger charge is 2.06. The zero-order valence-electron chi connectivity index (χ0n) is 9.96. The third-order valence-corrected chi connectivity index (χ3v) is 2.64. The molecule has 0 aromatic carbocycles. The molecule has 0 aliphatic heterocycles. The molecule has 0 spiro atoms. The van der Waals surface area contributed by atoms with Crippen molar-refractivity contribution in [3.05, 3.63) is 41.3 Å². The van der Waals surface area contributed by atoms with E-state index in [1.807, 2.05) is 35.6 Å². The molecule has 1 heterocycles. The summed E-state index contributed by atoms with van der Waals surface area (Å²) >= 11 is 5.96. The predicted octanol–water partition coefficient (Wildman–Crippen LogP) is 1.75. The van der Waals surface area contributed by atoms with Crippen molar-refractivity contribution in [3.8, 4) is 0 Å². The molecule has 0 amide bonds. The lowest BCUT2D eigenvalue weighted by molar-refractivity contribution is 0.727. The van der Waals surface area contributed by atoms with Gasteiger partial charge in [0.05, 0.1) is 10.7 Å². The van der Waals surface area contributed by atoms with Gasteiger partial charge in [-0.15, -0.1) is 22.6 Å². The van der Waals surface area contributed by atoms with Gasteiger partial charge in [-0.1, -0.05) is 11.6 Å². The summed E-state index contributed by atoms with van der Waals surface area (Å²) in [5.74, 6) is 0. The van der Waals surface area contributed by atoms with Crippen molar-refractivity contribution in [2.75, 3.05) is 0 Å². The average Bonchev–Trinajstić information content (AvgIpc) is 2.58. The van der Waals surface area contributed by atoms with Gasteiger partial charge in [-0.25, -0.2) is 0 Å². The van der Waals surface area contributed by atoms with Crippen LogP contribution in [0.25, 0.3) is 0 Å². The van der Waals surface area contributed by atoms with E-state index in [1.165, 1.54) is 0 Å². The third-order valence-electron chi connectivity index (χ3n) is 2.34. The highest BCUT2D eigenvalue weighted by molar-refractivity contribution is 6.48. The van der Waals surface area contributed by atoms with Crippen molar-refractivity contribution < 1.29 is 0 Å². The number of nitrogens with zero attached hydrogens (tertiary/aromatic N) is 4. The second-order valence-corrected chi connectivity index (χ2v) is 4.09. The van der Waals surface area contributed by atoms with Crippen molar-refractivity contribution in [3.63, 3.8) is 0 Å². The van der Waals surface area contributed by atoms with Crippen LogP contribution in [0.4, 0.5) is 0 Å². The average molecular weight is 286 g/mol. The molecule has 1 aromatic rings. The maximum absolute atomic E-state index is 7.41. The molecule has 5 nitrogen and oxygen atoms in total. The fourth-order valence-corrected chi connectivity index (χ4v) is 1.63. The van der Waals surface area contributed by atoms with Crippen LogP contribution in [0.3, 0.4) is 0 Å². The van der Waals surface area contributed by atoms with E-state index in [-0.39, 0.29) is 12.4 Å². The van der Waals surface area contributed by atoms with E-state index in [0.717, 1.165) is 5.62 Å². The lowest BCUT2D eigenvalue weighted by Gasteiger charge is -2.02. The van der Waals surface area contributed by atoms with Gasteiger partial charge in [0, 0.05) is 26.5 Å². The Morgan fingerprint density at radius 3 is 2.28 bits per heavy atom. The number of allylic oxidation sites excluding steroid dienone is 4. The molecule has 18 heavy (non-hydrogen) atoms. The first-order chi connectivity index (χ1) is 8.08. The summed E-state index contributed by atoms with van der Waals surface area (Å²) in [7, 11) is 3.78. The molecule has 0 fully saturated rings. The van der Waals surface area contributed by atoms with Crippen LogP contribution in [0.15, 0.2) is 45.9 Å². The van der Waals surface area contributed by atoms with Crippen molar-refractivity contribution in [2.45, 2.75) is 0 Å². The van der Waals surface area contributed by atoms with Crippen LogP contribution in [-0.4, -0.2) is 20.6 Å².